The molecule has 3 aromatic rings. The molecule has 10 heteroatoms. The van der Waals surface area contributed by atoms with Crippen LogP contribution in [-0.4, -0.2) is 30.9 Å². The molecule has 0 spiro atoms. The van der Waals surface area contributed by atoms with Crippen LogP contribution in [0.2, 0.25) is 0 Å². The Bertz CT molecular complexity index is 1650. The molecule has 0 unspecified atom stereocenters. The van der Waals surface area contributed by atoms with Gasteiger partial charge in [-0.15, -0.1) is 5.92 Å². The number of carbonyl (C=O) groups is 2. The fourth-order valence-electron chi connectivity index (χ4n) is 4.39. The van der Waals surface area contributed by atoms with Crippen LogP contribution in [0, 0.1) is 35.1 Å². The van der Waals surface area contributed by atoms with Crippen LogP contribution in [-0.2, 0) is 16.0 Å². The highest BCUT2D eigenvalue weighted by Crippen LogP contribution is 2.28. The summed E-state index contributed by atoms with van der Waals surface area (Å²) in [4.78, 5) is 27.1. The molecule has 0 heterocycles. The van der Waals surface area contributed by atoms with Gasteiger partial charge in [0.05, 0.1) is 11.1 Å². The number of carbonyl (C=O) groups excluding carboxylic acids is 2. The Kier molecular flexibility index (Phi) is 11.7. The average Bonchev–Trinajstić information content (AvgIpc) is 2.96. The predicted octanol–water partition coefficient (Wildman–Crippen LogP) is 6.53. The Hall–Kier alpha value is -4.88. The zero-order valence-electron chi connectivity index (χ0n) is 25.7. The van der Waals surface area contributed by atoms with Gasteiger partial charge in [-0.25, -0.2) is 22.4 Å². The van der Waals surface area contributed by atoms with E-state index >= 15 is 8.78 Å². The molecule has 3 N–H and O–H groups in total. The molecule has 0 aliphatic rings. The summed E-state index contributed by atoms with van der Waals surface area (Å²) in [5, 5.41) is 3.11. The predicted molar refractivity (Wildman–Crippen MR) is 166 cm³/mol. The first-order chi connectivity index (χ1) is 21.2. The zero-order valence-corrected chi connectivity index (χ0v) is 25.7. The first kappa shape index (κ1) is 34.6. The minimum Gasteiger partial charge on any atom is -0.459 e. The van der Waals surface area contributed by atoms with Crippen molar-refractivity contribution in [1.29, 1.82) is 0 Å². The van der Waals surface area contributed by atoms with Crippen molar-refractivity contribution in [3.8, 4) is 11.8 Å². The SMILES string of the molecule is CC#C/C=C\C(C(=O)c1ccc(F)cc1F)=C(\N)N(C)c1c(F)cc(CCN[C@H](C(=O)OC(C)(C)C)c2ccccc2)cc1F. The second-order valence-electron chi connectivity index (χ2n) is 11.0. The molecule has 3 rings (SSSR count). The Morgan fingerprint density at radius 1 is 1.00 bits per heavy atom. The van der Waals surface area contributed by atoms with Crippen LogP contribution in [0.25, 0.3) is 0 Å². The van der Waals surface area contributed by atoms with Crippen LogP contribution < -0.4 is 16.0 Å². The van der Waals surface area contributed by atoms with Crippen LogP contribution in [0.15, 0.2) is 84.2 Å². The van der Waals surface area contributed by atoms with E-state index in [1.165, 1.54) is 19.2 Å². The maximum Gasteiger partial charge on any atom is 0.328 e. The molecule has 0 amide bonds. The van der Waals surface area contributed by atoms with Crippen molar-refractivity contribution in [2.75, 3.05) is 18.5 Å². The van der Waals surface area contributed by atoms with E-state index in [1.54, 1.807) is 52.0 Å². The maximum absolute atomic E-state index is 15.4. The fraction of sp³-hybridized carbons (Fsp3) is 0.257. The van der Waals surface area contributed by atoms with Crippen molar-refractivity contribution >= 4 is 17.4 Å². The van der Waals surface area contributed by atoms with Gasteiger partial charge in [-0.05, 0) is 81.7 Å². The number of hydrogen-bond acceptors (Lipinski definition) is 6. The van der Waals surface area contributed by atoms with E-state index in [0.29, 0.717) is 11.6 Å². The lowest BCUT2D eigenvalue weighted by molar-refractivity contribution is -0.157. The van der Waals surface area contributed by atoms with Crippen LogP contribution >= 0.6 is 0 Å². The number of anilines is 1. The van der Waals surface area contributed by atoms with Gasteiger partial charge in [-0.3, -0.25) is 4.79 Å². The number of nitrogens with two attached hydrogens (primary N) is 1. The summed E-state index contributed by atoms with van der Waals surface area (Å²) in [7, 11) is 1.25. The quantitative estimate of drug-likeness (QED) is 0.0633. The first-order valence-corrected chi connectivity index (χ1v) is 14.0. The minimum atomic E-state index is -1.13. The highest BCUT2D eigenvalue weighted by atomic mass is 19.1. The lowest BCUT2D eigenvalue weighted by atomic mass is 10.0. The Morgan fingerprint density at radius 2 is 1.64 bits per heavy atom. The summed E-state index contributed by atoms with van der Waals surface area (Å²) in [6.07, 6.45) is 2.62. The first-order valence-electron chi connectivity index (χ1n) is 14.0. The number of esters is 1. The fourth-order valence-corrected chi connectivity index (χ4v) is 4.39. The van der Waals surface area contributed by atoms with Gasteiger partial charge in [0, 0.05) is 19.7 Å². The van der Waals surface area contributed by atoms with E-state index in [2.05, 4.69) is 17.2 Å². The Labute approximate surface area is 260 Å². The third-order valence-corrected chi connectivity index (χ3v) is 6.48. The number of hydrogen-bond donors (Lipinski definition) is 2. The van der Waals surface area contributed by atoms with E-state index in [4.69, 9.17) is 10.5 Å². The molecule has 0 bridgehead atoms. The van der Waals surface area contributed by atoms with E-state index in [9.17, 15) is 18.4 Å². The Morgan fingerprint density at radius 3 is 2.22 bits per heavy atom. The van der Waals surface area contributed by atoms with E-state index < -0.39 is 63.7 Å². The third kappa shape index (κ3) is 9.30. The van der Waals surface area contributed by atoms with Gasteiger partial charge in [0.2, 0.25) is 0 Å². The molecule has 45 heavy (non-hydrogen) atoms. The number of ether oxygens (including phenoxy) is 1. The summed E-state index contributed by atoms with van der Waals surface area (Å²) >= 11 is 0. The smallest absolute Gasteiger partial charge is 0.328 e. The number of allylic oxidation sites excluding steroid dienone is 3. The molecule has 0 fully saturated rings. The largest absolute Gasteiger partial charge is 0.459 e. The van der Waals surface area contributed by atoms with Gasteiger partial charge in [0.15, 0.2) is 5.78 Å². The number of nitrogens with zero attached hydrogens (tertiary/aromatic N) is 1. The second-order valence-corrected chi connectivity index (χ2v) is 11.0. The Balaban J connectivity index is 1.88. The molecule has 0 radical (unpaired) electrons. The highest BCUT2D eigenvalue weighted by molar-refractivity contribution is 6.11. The van der Waals surface area contributed by atoms with Crippen molar-refractivity contribution in [2.45, 2.75) is 45.8 Å². The number of Topliss-reactive ketones (excluding diaryl/α,β-unsaturated/α-hetero) is 1. The van der Waals surface area contributed by atoms with E-state index in [-0.39, 0.29) is 24.1 Å². The number of ketones is 1. The molecule has 0 aromatic heterocycles. The number of nitrogens with one attached hydrogen (secondary N) is 1. The standard InChI is InChI=1S/C35H35F4N3O3/c1-6-7-9-14-26(32(43)25-16-15-24(36)21-27(25)37)33(40)42(5)31-28(38)19-22(20-29(31)39)17-18-41-30(23-12-10-8-11-13-23)34(44)45-35(2,3)4/h8-16,19-21,30,41H,17-18,40H2,1-5H3/b14-9-,33-26+/t30-/m0/s1. The van der Waals surface area contributed by atoms with E-state index in [0.717, 1.165) is 29.2 Å². The lowest BCUT2D eigenvalue weighted by Gasteiger charge is -2.25. The molecular weight excluding hydrogens is 586 g/mol. The summed E-state index contributed by atoms with van der Waals surface area (Å²) < 4.78 is 64.2. The van der Waals surface area contributed by atoms with Crippen LogP contribution in [0.4, 0.5) is 23.2 Å². The lowest BCUT2D eigenvalue weighted by Crippen LogP contribution is -2.36. The van der Waals surface area contributed by atoms with Crippen LogP contribution in [0.1, 0.15) is 55.2 Å². The average molecular weight is 622 g/mol. The van der Waals surface area contributed by atoms with Crippen molar-refractivity contribution in [3.63, 3.8) is 0 Å². The molecule has 0 saturated heterocycles. The molecule has 0 saturated carbocycles. The number of benzene rings is 3. The zero-order chi connectivity index (χ0) is 33.3. The highest BCUT2D eigenvalue weighted by Gasteiger charge is 2.27. The van der Waals surface area contributed by atoms with Gasteiger partial charge < -0.3 is 20.7 Å². The number of halogens is 4. The molecule has 3 aromatic carbocycles. The third-order valence-electron chi connectivity index (χ3n) is 6.48. The monoisotopic (exact) mass is 621 g/mol. The van der Waals surface area contributed by atoms with Gasteiger partial charge in [-0.1, -0.05) is 36.3 Å². The summed E-state index contributed by atoms with van der Waals surface area (Å²) in [6, 6.07) is 12.8. The van der Waals surface area contributed by atoms with Gasteiger partial charge >= 0.3 is 5.97 Å². The van der Waals surface area contributed by atoms with Gasteiger partial charge in [-0.2, -0.15) is 0 Å². The molecule has 0 aliphatic heterocycles. The normalized spacial score (nSPS) is 12.6. The van der Waals surface area contributed by atoms with Crippen LogP contribution in [0.3, 0.4) is 0 Å². The topological polar surface area (TPSA) is 84.7 Å². The molecular formula is C35H35F4N3O3. The molecule has 0 aliphatic carbocycles. The minimum absolute atomic E-state index is 0.154. The second kappa shape index (κ2) is 15.2. The summed E-state index contributed by atoms with van der Waals surface area (Å²) in [6.45, 7) is 7.00. The maximum atomic E-state index is 15.4. The van der Waals surface area contributed by atoms with E-state index in [1.807, 2.05) is 6.07 Å². The molecule has 6 nitrogen and oxygen atoms in total. The van der Waals surface area contributed by atoms with Gasteiger partial charge in [0.1, 0.15) is 46.4 Å². The number of rotatable bonds is 11. The van der Waals surface area contributed by atoms with Crippen LogP contribution in [0.5, 0.6) is 0 Å². The summed E-state index contributed by atoms with van der Waals surface area (Å²) in [5.74, 6) is -0.583. The molecule has 1 atom stereocenters. The van der Waals surface area contributed by atoms with Crippen molar-refractivity contribution in [2.24, 2.45) is 5.73 Å². The summed E-state index contributed by atoms with van der Waals surface area (Å²) in [5.41, 5.74) is 5.11. The van der Waals surface area contributed by atoms with Crippen molar-refractivity contribution in [1.82, 2.24) is 5.32 Å². The van der Waals surface area contributed by atoms with Crippen molar-refractivity contribution < 1.29 is 31.9 Å². The van der Waals surface area contributed by atoms with Crippen molar-refractivity contribution in [3.05, 3.63) is 124 Å². The van der Waals surface area contributed by atoms with Gasteiger partial charge in [0.25, 0.3) is 0 Å². The molecule has 236 valence electrons.